The Balaban J connectivity index is 1.23. The SMILES string of the molecule is COc1ccc(-c2noc(CCCC(=O)Nc3nc(N4CCCCC4)n[nH]3)n2)cc1. The molecule has 1 saturated heterocycles. The number of amides is 1. The molecule has 1 aromatic carbocycles. The fraction of sp³-hybridized carbons (Fsp3) is 0.450. The van der Waals surface area contributed by atoms with Crippen molar-refractivity contribution < 1.29 is 14.1 Å². The number of aryl methyl sites for hydroxylation is 1. The summed E-state index contributed by atoms with van der Waals surface area (Å²) in [6, 6.07) is 7.43. The van der Waals surface area contributed by atoms with E-state index in [1.165, 1.54) is 6.42 Å². The normalized spacial score (nSPS) is 14.0. The van der Waals surface area contributed by atoms with Crippen molar-refractivity contribution in [3.8, 4) is 17.1 Å². The number of ether oxygens (including phenoxy) is 1. The Kier molecular flexibility index (Phi) is 6.21. The number of rotatable bonds is 8. The molecule has 0 bridgehead atoms. The number of carbonyl (C=O) groups is 1. The molecule has 0 aliphatic carbocycles. The highest BCUT2D eigenvalue weighted by molar-refractivity contribution is 5.88. The number of methoxy groups -OCH3 is 1. The van der Waals surface area contributed by atoms with Gasteiger partial charge >= 0.3 is 0 Å². The molecule has 1 fully saturated rings. The lowest BCUT2D eigenvalue weighted by atomic mass is 10.1. The van der Waals surface area contributed by atoms with Crippen LogP contribution in [0.2, 0.25) is 0 Å². The number of H-pyrrole nitrogens is 1. The zero-order valence-electron chi connectivity index (χ0n) is 16.9. The van der Waals surface area contributed by atoms with Crippen LogP contribution in [0.25, 0.3) is 11.4 Å². The summed E-state index contributed by atoms with van der Waals surface area (Å²) in [6.45, 7) is 1.90. The molecule has 1 amide bonds. The molecule has 1 aliphatic rings. The van der Waals surface area contributed by atoms with Crippen molar-refractivity contribution >= 4 is 17.8 Å². The Morgan fingerprint density at radius 3 is 2.77 bits per heavy atom. The summed E-state index contributed by atoms with van der Waals surface area (Å²) in [6.07, 6.45) is 4.96. The van der Waals surface area contributed by atoms with Crippen molar-refractivity contribution in [3.05, 3.63) is 30.2 Å². The van der Waals surface area contributed by atoms with Gasteiger partial charge in [-0.15, -0.1) is 5.10 Å². The van der Waals surface area contributed by atoms with Crippen LogP contribution in [0, 0.1) is 0 Å². The number of nitrogens with zero attached hydrogens (tertiary/aromatic N) is 5. The fourth-order valence-electron chi connectivity index (χ4n) is 3.35. The van der Waals surface area contributed by atoms with Crippen LogP contribution in [0.1, 0.15) is 38.0 Å². The number of benzene rings is 1. The summed E-state index contributed by atoms with van der Waals surface area (Å²) in [5.41, 5.74) is 0.846. The third-order valence-corrected chi connectivity index (χ3v) is 4.98. The van der Waals surface area contributed by atoms with Crippen LogP contribution in [0.4, 0.5) is 11.9 Å². The van der Waals surface area contributed by atoms with Crippen LogP contribution < -0.4 is 15.0 Å². The molecule has 2 N–H and O–H groups in total. The van der Waals surface area contributed by atoms with Gasteiger partial charge in [0.05, 0.1) is 7.11 Å². The Labute approximate surface area is 174 Å². The minimum absolute atomic E-state index is 0.133. The topological polar surface area (TPSA) is 122 Å². The summed E-state index contributed by atoms with van der Waals surface area (Å²) < 4.78 is 10.4. The summed E-state index contributed by atoms with van der Waals surface area (Å²) in [5, 5.41) is 13.7. The third-order valence-electron chi connectivity index (χ3n) is 4.98. The van der Waals surface area contributed by atoms with Gasteiger partial charge in [0.2, 0.25) is 29.5 Å². The first-order chi connectivity index (χ1) is 14.7. The molecule has 4 rings (SSSR count). The van der Waals surface area contributed by atoms with Crippen molar-refractivity contribution in [2.45, 2.75) is 38.5 Å². The van der Waals surface area contributed by atoms with Crippen molar-refractivity contribution in [1.29, 1.82) is 0 Å². The Hall–Kier alpha value is -3.43. The number of carbonyl (C=O) groups excluding carboxylic acids is 1. The van der Waals surface area contributed by atoms with E-state index in [4.69, 9.17) is 9.26 Å². The highest BCUT2D eigenvalue weighted by Gasteiger charge is 2.16. The lowest BCUT2D eigenvalue weighted by molar-refractivity contribution is -0.116. The van der Waals surface area contributed by atoms with Crippen LogP contribution in [-0.2, 0) is 11.2 Å². The standard InChI is InChI=1S/C20H25N7O3/c1-29-15-10-8-14(9-11-15)18-22-17(30-26-18)7-5-6-16(28)21-19-23-20(25-24-19)27-12-3-2-4-13-27/h8-11H,2-7,12-13H2,1H3,(H2,21,23,24,25,28). The predicted molar refractivity (Wildman–Crippen MR) is 110 cm³/mol. The molecule has 3 heterocycles. The molecule has 0 unspecified atom stereocenters. The van der Waals surface area contributed by atoms with Gasteiger partial charge in [-0.1, -0.05) is 5.16 Å². The van der Waals surface area contributed by atoms with E-state index in [1.807, 2.05) is 24.3 Å². The highest BCUT2D eigenvalue weighted by Crippen LogP contribution is 2.20. The first kappa shape index (κ1) is 19.9. The predicted octanol–water partition coefficient (Wildman–Crippen LogP) is 2.82. The van der Waals surface area contributed by atoms with E-state index in [2.05, 4.69) is 35.5 Å². The average molecular weight is 411 g/mol. The maximum Gasteiger partial charge on any atom is 0.246 e. The number of anilines is 2. The second-order valence-electron chi connectivity index (χ2n) is 7.17. The summed E-state index contributed by atoms with van der Waals surface area (Å²) >= 11 is 0. The van der Waals surface area contributed by atoms with Crippen molar-refractivity contribution in [1.82, 2.24) is 25.3 Å². The number of hydrogen-bond donors (Lipinski definition) is 2. The van der Waals surface area contributed by atoms with Gasteiger partial charge in [-0.2, -0.15) is 9.97 Å². The highest BCUT2D eigenvalue weighted by atomic mass is 16.5. The molecule has 158 valence electrons. The van der Waals surface area contributed by atoms with E-state index in [0.29, 0.717) is 42.9 Å². The van der Waals surface area contributed by atoms with Crippen molar-refractivity contribution in [3.63, 3.8) is 0 Å². The second-order valence-corrected chi connectivity index (χ2v) is 7.17. The smallest absolute Gasteiger partial charge is 0.246 e. The van der Waals surface area contributed by atoms with Gasteiger partial charge in [-0.05, 0) is 49.9 Å². The monoisotopic (exact) mass is 411 g/mol. The molecule has 10 nitrogen and oxygen atoms in total. The van der Waals surface area contributed by atoms with E-state index in [-0.39, 0.29) is 5.91 Å². The first-order valence-corrected chi connectivity index (χ1v) is 10.2. The third kappa shape index (κ3) is 4.94. The zero-order valence-corrected chi connectivity index (χ0v) is 16.9. The maximum atomic E-state index is 12.2. The molecule has 0 spiro atoms. The molecule has 30 heavy (non-hydrogen) atoms. The van der Waals surface area contributed by atoms with Gasteiger partial charge < -0.3 is 14.2 Å². The average Bonchev–Trinajstić information content (AvgIpc) is 3.44. The van der Waals surface area contributed by atoms with Crippen LogP contribution in [0.3, 0.4) is 0 Å². The van der Waals surface area contributed by atoms with Gasteiger partial charge in [0, 0.05) is 31.5 Å². The number of hydrogen-bond acceptors (Lipinski definition) is 8. The maximum absolute atomic E-state index is 12.2. The quantitative estimate of drug-likeness (QED) is 0.580. The first-order valence-electron chi connectivity index (χ1n) is 10.2. The molecule has 3 aromatic rings. The molecular weight excluding hydrogens is 386 g/mol. The zero-order chi connectivity index (χ0) is 20.8. The van der Waals surface area contributed by atoms with E-state index in [1.54, 1.807) is 7.11 Å². The number of nitrogens with one attached hydrogen (secondary N) is 2. The van der Waals surface area contributed by atoms with Gasteiger partial charge in [0.15, 0.2) is 0 Å². The van der Waals surface area contributed by atoms with Crippen LogP contribution in [-0.4, -0.2) is 51.4 Å². The number of aromatic amines is 1. The van der Waals surface area contributed by atoms with Crippen LogP contribution in [0.5, 0.6) is 5.75 Å². The molecule has 10 heteroatoms. The summed E-state index contributed by atoms with van der Waals surface area (Å²) in [5.74, 6) is 2.67. The van der Waals surface area contributed by atoms with Crippen LogP contribution >= 0.6 is 0 Å². The second kappa shape index (κ2) is 9.38. The Bertz CT molecular complexity index is 961. The van der Waals surface area contributed by atoms with Gasteiger partial charge in [-0.25, -0.2) is 5.10 Å². The van der Waals surface area contributed by atoms with Gasteiger partial charge in [0.25, 0.3) is 0 Å². The van der Waals surface area contributed by atoms with Gasteiger partial charge in [0.1, 0.15) is 5.75 Å². The Morgan fingerprint density at radius 1 is 1.20 bits per heavy atom. The minimum Gasteiger partial charge on any atom is -0.497 e. The number of aromatic nitrogens is 5. The molecule has 2 aromatic heterocycles. The summed E-state index contributed by atoms with van der Waals surface area (Å²) in [4.78, 5) is 23.1. The minimum atomic E-state index is -0.133. The lowest BCUT2D eigenvalue weighted by Crippen LogP contribution is -2.30. The molecule has 0 atom stereocenters. The molecular formula is C20H25N7O3. The fourth-order valence-corrected chi connectivity index (χ4v) is 3.35. The summed E-state index contributed by atoms with van der Waals surface area (Å²) in [7, 11) is 1.62. The number of piperidine rings is 1. The lowest BCUT2D eigenvalue weighted by Gasteiger charge is -2.24. The van der Waals surface area contributed by atoms with Crippen molar-refractivity contribution in [2.75, 3.05) is 30.4 Å². The Morgan fingerprint density at radius 2 is 2.00 bits per heavy atom. The van der Waals surface area contributed by atoms with E-state index < -0.39 is 0 Å². The van der Waals surface area contributed by atoms with Crippen LogP contribution in [0.15, 0.2) is 28.8 Å². The molecule has 0 radical (unpaired) electrons. The largest absolute Gasteiger partial charge is 0.497 e. The van der Waals surface area contributed by atoms with E-state index in [0.717, 1.165) is 37.2 Å². The van der Waals surface area contributed by atoms with Crippen molar-refractivity contribution in [2.24, 2.45) is 0 Å². The van der Waals surface area contributed by atoms with E-state index >= 15 is 0 Å². The molecule has 0 saturated carbocycles. The van der Waals surface area contributed by atoms with Gasteiger partial charge in [-0.3, -0.25) is 10.1 Å². The van der Waals surface area contributed by atoms with E-state index in [9.17, 15) is 4.79 Å². The molecule has 1 aliphatic heterocycles.